The molecule has 28 heavy (non-hydrogen) atoms. The number of amides is 1. The van der Waals surface area contributed by atoms with Crippen LogP contribution in [-0.4, -0.2) is 39.2 Å². The summed E-state index contributed by atoms with van der Waals surface area (Å²) in [7, 11) is -2.07. The summed E-state index contributed by atoms with van der Waals surface area (Å²) in [5.41, 5.74) is 1.30. The van der Waals surface area contributed by atoms with Crippen LogP contribution in [0.4, 0.5) is 0 Å². The van der Waals surface area contributed by atoms with Gasteiger partial charge in [0.25, 0.3) is 0 Å². The van der Waals surface area contributed by atoms with E-state index in [1.165, 1.54) is 6.20 Å². The molecule has 0 saturated carbocycles. The van der Waals surface area contributed by atoms with E-state index in [-0.39, 0.29) is 23.1 Å². The van der Waals surface area contributed by atoms with Crippen molar-refractivity contribution in [2.45, 2.75) is 17.2 Å². The Morgan fingerprint density at radius 1 is 1.18 bits per heavy atom. The number of rotatable bonds is 8. The summed E-state index contributed by atoms with van der Waals surface area (Å²) in [5, 5.41) is 3.82. The highest BCUT2D eigenvalue weighted by Gasteiger charge is 2.22. The van der Waals surface area contributed by atoms with Gasteiger partial charge in [-0.1, -0.05) is 41.9 Å². The van der Waals surface area contributed by atoms with Crippen molar-refractivity contribution >= 4 is 38.2 Å². The first-order valence-corrected chi connectivity index (χ1v) is 10.7. The minimum Gasteiger partial charge on any atom is -0.383 e. The molecule has 0 aliphatic heterocycles. The third kappa shape index (κ3) is 4.73. The van der Waals surface area contributed by atoms with Crippen LogP contribution in [0.1, 0.15) is 5.56 Å². The Kier molecular flexibility index (Phi) is 6.39. The van der Waals surface area contributed by atoms with Crippen LogP contribution < -0.4 is 5.32 Å². The molecule has 0 fully saturated rings. The summed E-state index contributed by atoms with van der Waals surface area (Å²) in [5.74, 6) is -0.377. The Morgan fingerprint density at radius 3 is 2.71 bits per heavy atom. The Bertz CT molecular complexity index is 1090. The van der Waals surface area contributed by atoms with Crippen molar-refractivity contribution in [1.29, 1.82) is 0 Å². The summed E-state index contributed by atoms with van der Waals surface area (Å²) >= 11 is 5.98. The van der Waals surface area contributed by atoms with Crippen LogP contribution in [0.25, 0.3) is 10.9 Å². The average Bonchev–Trinajstić information content (AvgIpc) is 3.01. The maximum absolute atomic E-state index is 13.1. The van der Waals surface area contributed by atoms with Crippen LogP contribution in [0.2, 0.25) is 5.02 Å². The first-order chi connectivity index (χ1) is 13.4. The molecule has 1 N–H and O–H groups in total. The zero-order valence-electron chi connectivity index (χ0n) is 15.4. The minimum atomic E-state index is -3.62. The number of nitrogens with zero attached hydrogens (tertiary/aromatic N) is 1. The lowest BCUT2D eigenvalue weighted by Crippen LogP contribution is -2.30. The van der Waals surface area contributed by atoms with E-state index < -0.39 is 9.84 Å². The van der Waals surface area contributed by atoms with Crippen molar-refractivity contribution < 1.29 is 17.9 Å². The second kappa shape index (κ2) is 8.77. The number of hydrogen-bond donors (Lipinski definition) is 1. The molecule has 3 rings (SSSR count). The average molecular weight is 421 g/mol. The molecule has 0 unspecified atom stereocenters. The number of halogens is 1. The van der Waals surface area contributed by atoms with Crippen LogP contribution in [0.3, 0.4) is 0 Å². The van der Waals surface area contributed by atoms with Gasteiger partial charge in [0.05, 0.1) is 17.3 Å². The molecule has 8 heteroatoms. The molecule has 0 bridgehead atoms. The summed E-state index contributed by atoms with van der Waals surface area (Å²) in [6.45, 7) is 0.836. The smallest absolute Gasteiger partial charge is 0.240 e. The Hall–Kier alpha value is -2.35. The number of fused-ring (bicyclic) bond motifs is 1. The van der Waals surface area contributed by atoms with Crippen LogP contribution in [0, 0.1) is 0 Å². The second-order valence-corrected chi connectivity index (χ2v) is 8.76. The Labute approximate surface area is 169 Å². The molecule has 0 aliphatic rings. The molecule has 1 amide bonds. The van der Waals surface area contributed by atoms with Gasteiger partial charge in [-0.25, -0.2) is 8.42 Å². The van der Waals surface area contributed by atoms with Gasteiger partial charge >= 0.3 is 0 Å². The van der Waals surface area contributed by atoms with Crippen molar-refractivity contribution in [3.63, 3.8) is 0 Å². The number of para-hydroxylation sites is 1. The van der Waals surface area contributed by atoms with Gasteiger partial charge < -0.3 is 14.6 Å². The molecule has 148 valence electrons. The van der Waals surface area contributed by atoms with Gasteiger partial charge in [0.15, 0.2) is 9.84 Å². The largest absolute Gasteiger partial charge is 0.383 e. The molecule has 0 spiro atoms. The SMILES string of the molecule is COCCNC(=O)Cn1cc(S(=O)(=O)Cc2cccc(Cl)c2)c2ccccc21. The summed E-state index contributed by atoms with van der Waals surface area (Å²) < 4.78 is 32.7. The number of hydrogen-bond acceptors (Lipinski definition) is 4. The van der Waals surface area contributed by atoms with Gasteiger partial charge in [-0.15, -0.1) is 0 Å². The quantitative estimate of drug-likeness (QED) is 0.568. The predicted molar refractivity (Wildman–Crippen MR) is 109 cm³/mol. The topological polar surface area (TPSA) is 77.4 Å². The van der Waals surface area contributed by atoms with E-state index >= 15 is 0 Å². The maximum atomic E-state index is 13.1. The third-order valence-electron chi connectivity index (χ3n) is 4.28. The highest BCUT2D eigenvalue weighted by Crippen LogP contribution is 2.28. The molecule has 0 atom stereocenters. The molecule has 0 saturated heterocycles. The Morgan fingerprint density at radius 2 is 1.96 bits per heavy atom. The monoisotopic (exact) mass is 420 g/mol. The maximum Gasteiger partial charge on any atom is 0.240 e. The molecule has 6 nitrogen and oxygen atoms in total. The number of aromatic nitrogens is 1. The minimum absolute atomic E-state index is 0.0247. The highest BCUT2D eigenvalue weighted by atomic mass is 35.5. The lowest BCUT2D eigenvalue weighted by molar-refractivity contribution is -0.121. The van der Waals surface area contributed by atoms with Crippen molar-refractivity contribution in [2.24, 2.45) is 0 Å². The van der Waals surface area contributed by atoms with Crippen molar-refractivity contribution in [3.8, 4) is 0 Å². The fourth-order valence-corrected chi connectivity index (χ4v) is 4.80. The summed E-state index contributed by atoms with van der Waals surface area (Å²) in [4.78, 5) is 12.4. The van der Waals surface area contributed by atoms with Gasteiger partial charge in [0.1, 0.15) is 6.54 Å². The Balaban J connectivity index is 1.92. The summed E-state index contributed by atoms with van der Waals surface area (Å²) in [6.07, 6.45) is 1.53. The molecule has 0 aliphatic carbocycles. The molecule has 1 aromatic heterocycles. The van der Waals surface area contributed by atoms with Gasteiger partial charge in [0, 0.05) is 35.8 Å². The van der Waals surface area contributed by atoms with E-state index in [9.17, 15) is 13.2 Å². The van der Waals surface area contributed by atoms with Gasteiger partial charge in [-0.05, 0) is 23.8 Å². The van der Waals surface area contributed by atoms with Gasteiger partial charge in [-0.2, -0.15) is 0 Å². The number of methoxy groups -OCH3 is 1. The van der Waals surface area contributed by atoms with E-state index in [1.54, 1.807) is 54.1 Å². The van der Waals surface area contributed by atoms with Gasteiger partial charge in [-0.3, -0.25) is 4.79 Å². The highest BCUT2D eigenvalue weighted by molar-refractivity contribution is 7.90. The molecular weight excluding hydrogens is 400 g/mol. The first kappa shape index (κ1) is 20.4. The van der Waals surface area contributed by atoms with Crippen molar-refractivity contribution in [3.05, 3.63) is 65.3 Å². The van der Waals surface area contributed by atoms with Crippen molar-refractivity contribution in [2.75, 3.05) is 20.3 Å². The molecule has 1 heterocycles. The second-order valence-electron chi connectivity index (χ2n) is 6.37. The van der Waals surface area contributed by atoms with E-state index in [0.29, 0.717) is 34.6 Å². The number of ether oxygens (including phenoxy) is 1. The fraction of sp³-hybridized carbons (Fsp3) is 0.250. The number of carbonyl (C=O) groups is 1. The van der Waals surface area contributed by atoms with E-state index in [0.717, 1.165) is 0 Å². The molecule has 0 radical (unpaired) electrons. The lowest BCUT2D eigenvalue weighted by atomic mass is 10.2. The fourth-order valence-electron chi connectivity index (χ4n) is 3.02. The lowest BCUT2D eigenvalue weighted by Gasteiger charge is -2.06. The summed E-state index contributed by atoms with van der Waals surface area (Å²) in [6, 6.07) is 13.9. The molecule has 2 aromatic carbocycles. The normalized spacial score (nSPS) is 11.6. The van der Waals surface area contributed by atoms with Crippen molar-refractivity contribution in [1.82, 2.24) is 9.88 Å². The molecular formula is C20H21ClN2O4S. The van der Waals surface area contributed by atoms with E-state index in [1.807, 2.05) is 6.07 Å². The van der Waals surface area contributed by atoms with Crippen LogP contribution in [-0.2, 0) is 31.7 Å². The van der Waals surface area contributed by atoms with Crippen LogP contribution in [0.5, 0.6) is 0 Å². The van der Waals surface area contributed by atoms with Crippen LogP contribution >= 0.6 is 11.6 Å². The third-order valence-corrected chi connectivity index (χ3v) is 6.22. The first-order valence-electron chi connectivity index (χ1n) is 8.71. The number of carbonyl (C=O) groups excluding carboxylic acids is 1. The van der Waals surface area contributed by atoms with Crippen LogP contribution in [0.15, 0.2) is 59.6 Å². The van der Waals surface area contributed by atoms with Gasteiger partial charge in [0.2, 0.25) is 5.91 Å². The standard InChI is InChI=1S/C20H21ClN2O4S/c1-27-10-9-22-20(24)13-23-12-19(17-7-2-3-8-18(17)23)28(25,26)14-15-5-4-6-16(21)11-15/h2-8,11-12H,9-10,13-14H2,1H3,(H,22,24). The number of sulfone groups is 1. The number of nitrogens with one attached hydrogen (secondary N) is 1. The van der Waals surface area contributed by atoms with E-state index in [2.05, 4.69) is 5.32 Å². The van der Waals surface area contributed by atoms with E-state index in [4.69, 9.17) is 16.3 Å². The molecule has 3 aromatic rings. The predicted octanol–water partition coefficient (Wildman–Crippen LogP) is 3.03. The zero-order valence-corrected chi connectivity index (χ0v) is 17.0. The zero-order chi connectivity index (χ0) is 20.1. The number of benzene rings is 2.